The van der Waals surface area contributed by atoms with Gasteiger partial charge in [0.15, 0.2) is 0 Å². The first-order valence-electron chi connectivity index (χ1n) is 3.15. The molecule has 0 aromatic rings. The molecule has 0 radical (unpaired) electrons. The van der Waals surface area contributed by atoms with Gasteiger partial charge in [0, 0.05) is 12.4 Å². The SMILES string of the molecule is O=C([O-])COC(CC(=O)[O-])C(=O)[O-].[Li+].[Li+].[Li+]. The zero-order chi connectivity index (χ0) is 10.4. The van der Waals surface area contributed by atoms with Crippen molar-refractivity contribution in [3.05, 3.63) is 0 Å². The summed E-state index contributed by atoms with van der Waals surface area (Å²) in [7, 11) is 0. The molecule has 0 saturated carbocycles. The smallest absolute Gasteiger partial charge is 0.550 e. The first kappa shape index (κ1) is 25.1. The third-order valence-electron chi connectivity index (χ3n) is 1.02. The van der Waals surface area contributed by atoms with Crippen molar-refractivity contribution in [1.29, 1.82) is 0 Å². The third-order valence-corrected chi connectivity index (χ3v) is 1.02. The van der Waals surface area contributed by atoms with Crippen LogP contribution < -0.4 is 71.9 Å². The molecule has 0 aromatic heterocycles. The Hall–Kier alpha value is 0.162. The summed E-state index contributed by atoms with van der Waals surface area (Å²) in [6.45, 7) is -1.01. The normalized spacial score (nSPS) is 9.75. The first-order valence-corrected chi connectivity index (χ1v) is 3.15. The summed E-state index contributed by atoms with van der Waals surface area (Å²) in [6.07, 6.45) is -2.79. The fraction of sp³-hybridized carbons (Fsp3) is 0.500. The van der Waals surface area contributed by atoms with Gasteiger partial charge in [0.05, 0.1) is 18.5 Å². The minimum absolute atomic E-state index is 0. The summed E-state index contributed by atoms with van der Waals surface area (Å²) in [4.78, 5) is 29.8. The molecule has 74 valence electrons. The van der Waals surface area contributed by atoms with Gasteiger partial charge in [-0.05, 0) is 0 Å². The first-order chi connectivity index (χ1) is 5.93. The molecule has 0 spiro atoms. The summed E-state index contributed by atoms with van der Waals surface area (Å²) in [6, 6.07) is 0. The van der Waals surface area contributed by atoms with Crippen molar-refractivity contribution in [2.24, 2.45) is 0 Å². The van der Waals surface area contributed by atoms with Crippen LogP contribution in [0.25, 0.3) is 0 Å². The predicted octanol–water partition coefficient (Wildman–Crippen LogP) is -14.0. The van der Waals surface area contributed by atoms with Gasteiger partial charge in [-0.3, -0.25) is 0 Å². The van der Waals surface area contributed by atoms with E-state index < -0.39 is 37.0 Å². The topological polar surface area (TPSA) is 130 Å². The Bertz CT molecular complexity index is 232. The number of hydrogen-bond acceptors (Lipinski definition) is 7. The van der Waals surface area contributed by atoms with Gasteiger partial charge in [-0.2, -0.15) is 0 Å². The molecule has 0 aromatic carbocycles. The van der Waals surface area contributed by atoms with Crippen LogP contribution in [0.3, 0.4) is 0 Å². The van der Waals surface area contributed by atoms with Crippen LogP contribution in [0.2, 0.25) is 0 Å². The quantitative estimate of drug-likeness (QED) is 0.397. The number of carboxylic acids is 3. The number of aliphatic carboxylic acids is 3. The molecule has 7 nitrogen and oxygen atoms in total. The summed E-state index contributed by atoms with van der Waals surface area (Å²) in [5, 5.41) is 29.8. The van der Waals surface area contributed by atoms with E-state index in [1.165, 1.54) is 0 Å². The van der Waals surface area contributed by atoms with Crippen LogP contribution >= 0.6 is 0 Å². The molecule has 0 aliphatic heterocycles. The number of carbonyl (C=O) groups is 3. The molecule has 0 aliphatic carbocycles. The largest absolute Gasteiger partial charge is 1.00 e. The molecule has 0 amide bonds. The van der Waals surface area contributed by atoms with Crippen LogP contribution in [-0.2, 0) is 19.1 Å². The summed E-state index contributed by atoms with van der Waals surface area (Å²) < 4.78 is 4.13. The van der Waals surface area contributed by atoms with E-state index in [9.17, 15) is 29.7 Å². The maximum absolute atomic E-state index is 10.1. The molecular formula is C6H5Li3O7. The van der Waals surface area contributed by atoms with Crippen molar-refractivity contribution in [3.8, 4) is 0 Å². The van der Waals surface area contributed by atoms with Crippen molar-refractivity contribution in [2.75, 3.05) is 6.61 Å². The average Bonchev–Trinajstić information content (AvgIpc) is 1.96. The standard InChI is InChI=1S/C6H8O7.3Li/c7-4(8)1-3(6(11)12)13-2-5(9)10;;;/h3H,1-2H2,(H,7,8)(H,9,10)(H,11,12);;;/q;3*+1/p-3. The minimum Gasteiger partial charge on any atom is -0.550 e. The van der Waals surface area contributed by atoms with Crippen LogP contribution in [0.15, 0.2) is 0 Å². The van der Waals surface area contributed by atoms with Gasteiger partial charge in [-0.15, -0.1) is 0 Å². The van der Waals surface area contributed by atoms with Crippen molar-refractivity contribution in [3.63, 3.8) is 0 Å². The summed E-state index contributed by atoms with van der Waals surface area (Å²) in [5.74, 6) is -5.14. The fourth-order valence-electron chi connectivity index (χ4n) is 0.530. The second-order valence-electron chi connectivity index (χ2n) is 2.07. The fourth-order valence-corrected chi connectivity index (χ4v) is 0.530. The second kappa shape index (κ2) is 13.2. The minimum atomic E-state index is -1.83. The molecule has 0 N–H and O–H groups in total. The summed E-state index contributed by atoms with van der Waals surface area (Å²) in [5.41, 5.74) is 0. The number of rotatable bonds is 6. The molecule has 16 heavy (non-hydrogen) atoms. The second-order valence-corrected chi connectivity index (χ2v) is 2.07. The maximum atomic E-state index is 10.1. The Labute approximate surface area is 127 Å². The number of ether oxygens (including phenoxy) is 1. The van der Waals surface area contributed by atoms with Gasteiger partial charge in [0.1, 0.15) is 6.10 Å². The molecule has 10 heteroatoms. The van der Waals surface area contributed by atoms with Crippen molar-refractivity contribution < 1.29 is 91.0 Å². The van der Waals surface area contributed by atoms with Crippen LogP contribution in [0.4, 0.5) is 0 Å². The number of carbonyl (C=O) groups excluding carboxylic acids is 3. The Morgan fingerprint density at radius 3 is 1.62 bits per heavy atom. The van der Waals surface area contributed by atoms with Gasteiger partial charge in [-0.1, -0.05) is 0 Å². The molecule has 1 atom stereocenters. The molecule has 0 rings (SSSR count). The van der Waals surface area contributed by atoms with E-state index in [0.29, 0.717) is 0 Å². The monoisotopic (exact) mass is 210 g/mol. The van der Waals surface area contributed by atoms with Gasteiger partial charge in [0.25, 0.3) is 0 Å². The Morgan fingerprint density at radius 1 is 0.938 bits per heavy atom. The van der Waals surface area contributed by atoms with E-state index in [2.05, 4.69) is 4.74 Å². The third kappa shape index (κ3) is 14.2. The van der Waals surface area contributed by atoms with Gasteiger partial charge < -0.3 is 34.4 Å². The van der Waals surface area contributed by atoms with Gasteiger partial charge >= 0.3 is 56.6 Å². The van der Waals surface area contributed by atoms with E-state index in [4.69, 9.17) is 0 Å². The molecular weight excluding hydrogens is 205 g/mol. The average molecular weight is 210 g/mol. The number of carboxylic acid groups (broad SMARTS) is 3. The molecule has 0 saturated heterocycles. The van der Waals surface area contributed by atoms with Crippen molar-refractivity contribution >= 4 is 17.9 Å². The van der Waals surface area contributed by atoms with Gasteiger partial charge in [-0.25, -0.2) is 0 Å². The van der Waals surface area contributed by atoms with E-state index >= 15 is 0 Å². The Kier molecular flexibility index (Phi) is 20.8. The van der Waals surface area contributed by atoms with Crippen LogP contribution in [-0.4, -0.2) is 30.6 Å². The maximum Gasteiger partial charge on any atom is 1.00 e. The Balaban J connectivity index is -0.000000240. The molecule has 0 heterocycles. The molecule has 1 unspecified atom stereocenters. The van der Waals surface area contributed by atoms with Gasteiger partial charge in [0.2, 0.25) is 0 Å². The van der Waals surface area contributed by atoms with Crippen molar-refractivity contribution in [2.45, 2.75) is 12.5 Å². The molecule has 0 fully saturated rings. The van der Waals surface area contributed by atoms with Crippen LogP contribution in [0, 0.1) is 0 Å². The van der Waals surface area contributed by atoms with E-state index in [1.54, 1.807) is 0 Å². The van der Waals surface area contributed by atoms with Crippen molar-refractivity contribution in [1.82, 2.24) is 0 Å². The van der Waals surface area contributed by atoms with E-state index in [0.717, 1.165) is 0 Å². The van der Waals surface area contributed by atoms with Crippen LogP contribution in [0.5, 0.6) is 0 Å². The van der Waals surface area contributed by atoms with E-state index in [-0.39, 0.29) is 56.6 Å². The van der Waals surface area contributed by atoms with E-state index in [1.807, 2.05) is 0 Å². The number of hydrogen-bond donors (Lipinski definition) is 0. The van der Waals surface area contributed by atoms with Crippen LogP contribution in [0.1, 0.15) is 6.42 Å². The molecule has 0 bridgehead atoms. The zero-order valence-corrected chi connectivity index (χ0v) is 9.35. The predicted molar refractivity (Wildman–Crippen MR) is 29.4 cm³/mol. The zero-order valence-electron chi connectivity index (χ0n) is 9.35. The summed E-state index contributed by atoms with van der Waals surface area (Å²) >= 11 is 0. The Morgan fingerprint density at radius 2 is 1.38 bits per heavy atom. The molecule has 0 aliphatic rings.